The van der Waals surface area contributed by atoms with E-state index in [1.165, 1.54) is 25.0 Å². The van der Waals surface area contributed by atoms with Crippen molar-refractivity contribution >= 4 is 23.4 Å². The molecule has 1 aromatic rings. The molecule has 3 N–H and O–H groups in total. The number of thioether (sulfide) groups is 1. The minimum atomic E-state index is -0.271. The van der Waals surface area contributed by atoms with Gasteiger partial charge in [-0.3, -0.25) is 4.79 Å². The maximum absolute atomic E-state index is 12.4. The van der Waals surface area contributed by atoms with Crippen molar-refractivity contribution in [2.75, 3.05) is 24.3 Å². The summed E-state index contributed by atoms with van der Waals surface area (Å²) in [6, 6.07) is 7.75. The number of nitrogen functional groups attached to an aromatic ring is 1. The molecular weight excluding hydrogens is 280 g/mol. The molecule has 1 fully saturated rings. The van der Waals surface area contributed by atoms with Crippen molar-refractivity contribution in [3.05, 3.63) is 29.8 Å². The normalized spacial score (nSPS) is 15.7. The van der Waals surface area contributed by atoms with E-state index in [-0.39, 0.29) is 11.3 Å². The number of amides is 1. The van der Waals surface area contributed by atoms with Gasteiger partial charge in [0.2, 0.25) is 5.91 Å². The predicted molar refractivity (Wildman–Crippen MR) is 91.6 cm³/mol. The van der Waals surface area contributed by atoms with Gasteiger partial charge in [-0.05, 0) is 55.4 Å². The number of carbonyl (C=O) groups excluding carboxylic acids is 1. The third-order valence-corrected chi connectivity index (χ3v) is 4.91. The zero-order valence-corrected chi connectivity index (χ0v) is 13.7. The number of unbranched alkanes of at least 4 members (excludes halogenated alkanes) is 3. The molecule has 0 unspecified atom stereocenters. The van der Waals surface area contributed by atoms with Gasteiger partial charge in [-0.25, -0.2) is 0 Å². The van der Waals surface area contributed by atoms with Crippen LogP contribution in [0.1, 0.15) is 44.1 Å². The number of hydrogen-bond donors (Lipinski definition) is 2. The van der Waals surface area contributed by atoms with E-state index in [0.29, 0.717) is 0 Å². The van der Waals surface area contributed by atoms with Crippen LogP contribution in [0.5, 0.6) is 0 Å². The molecular formula is C17H26N2OS. The summed E-state index contributed by atoms with van der Waals surface area (Å²) in [5.41, 5.74) is 7.30. The van der Waals surface area contributed by atoms with Crippen LogP contribution in [0.4, 0.5) is 5.69 Å². The fraction of sp³-hybridized carbons (Fsp3) is 0.588. The van der Waals surface area contributed by atoms with E-state index in [1.807, 2.05) is 36.0 Å². The molecule has 0 aromatic heterocycles. The molecule has 0 atom stereocenters. The lowest BCUT2D eigenvalue weighted by atomic mass is 9.94. The Balaban J connectivity index is 1.72. The molecule has 1 aliphatic carbocycles. The molecule has 116 valence electrons. The topological polar surface area (TPSA) is 55.1 Å². The molecule has 0 radical (unpaired) electrons. The molecule has 21 heavy (non-hydrogen) atoms. The molecule has 1 aliphatic rings. The largest absolute Gasteiger partial charge is 0.399 e. The minimum absolute atomic E-state index is 0.191. The zero-order valence-electron chi connectivity index (χ0n) is 12.9. The van der Waals surface area contributed by atoms with Crippen molar-refractivity contribution < 1.29 is 4.79 Å². The number of benzene rings is 1. The van der Waals surface area contributed by atoms with Crippen LogP contribution >= 0.6 is 11.8 Å². The van der Waals surface area contributed by atoms with Gasteiger partial charge in [-0.15, -0.1) is 0 Å². The number of nitrogens with one attached hydrogen (secondary N) is 1. The first-order valence-corrected chi connectivity index (χ1v) is 9.22. The van der Waals surface area contributed by atoms with Crippen LogP contribution in [-0.4, -0.2) is 24.5 Å². The monoisotopic (exact) mass is 306 g/mol. The van der Waals surface area contributed by atoms with Crippen molar-refractivity contribution in [3.63, 3.8) is 0 Å². The van der Waals surface area contributed by atoms with Gasteiger partial charge in [0.05, 0.1) is 5.41 Å². The highest BCUT2D eigenvalue weighted by Crippen LogP contribution is 2.48. The van der Waals surface area contributed by atoms with E-state index in [9.17, 15) is 4.79 Å². The number of nitrogens with two attached hydrogens (primary N) is 1. The van der Waals surface area contributed by atoms with E-state index in [1.54, 1.807) is 0 Å². The highest BCUT2D eigenvalue weighted by Gasteiger charge is 2.50. The lowest BCUT2D eigenvalue weighted by Gasteiger charge is -2.16. The molecule has 1 amide bonds. The second-order valence-corrected chi connectivity index (χ2v) is 6.85. The summed E-state index contributed by atoms with van der Waals surface area (Å²) in [6.45, 7) is 0.800. The molecule has 2 rings (SSSR count). The standard InChI is InChI=1S/C17H26N2OS/c1-21-13-5-3-2-4-12-19-16(20)17(10-11-17)14-6-8-15(18)9-7-14/h6-9H,2-5,10-13,18H2,1H3,(H,19,20). The van der Waals surface area contributed by atoms with Crippen LogP contribution < -0.4 is 11.1 Å². The van der Waals surface area contributed by atoms with Gasteiger partial charge in [0, 0.05) is 12.2 Å². The third-order valence-electron chi connectivity index (χ3n) is 4.21. The Labute approximate surface area is 132 Å². The first kappa shape index (κ1) is 16.2. The fourth-order valence-electron chi connectivity index (χ4n) is 2.67. The van der Waals surface area contributed by atoms with Crippen LogP contribution in [0.2, 0.25) is 0 Å². The van der Waals surface area contributed by atoms with E-state index >= 15 is 0 Å². The van der Waals surface area contributed by atoms with Crippen LogP contribution in [0.25, 0.3) is 0 Å². The lowest BCUT2D eigenvalue weighted by molar-refractivity contribution is -0.123. The van der Waals surface area contributed by atoms with Crippen molar-refractivity contribution in [2.24, 2.45) is 0 Å². The van der Waals surface area contributed by atoms with Gasteiger partial charge < -0.3 is 11.1 Å². The average molecular weight is 306 g/mol. The first-order chi connectivity index (χ1) is 10.2. The maximum atomic E-state index is 12.4. The Morgan fingerprint density at radius 2 is 1.86 bits per heavy atom. The second kappa shape index (κ2) is 7.74. The Morgan fingerprint density at radius 1 is 1.19 bits per heavy atom. The van der Waals surface area contributed by atoms with E-state index < -0.39 is 0 Å². The summed E-state index contributed by atoms with van der Waals surface area (Å²) >= 11 is 1.90. The molecule has 0 aliphatic heterocycles. The van der Waals surface area contributed by atoms with E-state index in [4.69, 9.17) is 5.73 Å². The summed E-state index contributed by atoms with van der Waals surface area (Å²) in [5.74, 6) is 1.43. The number of carbonyl (C=O) groups is 1. The SMILES string of the molecule is CSCCCCCCNC(=O)C1(c2ccc(N)cc2)CC1. The quantitative estimate of drug-likeness (QED) is 0.543. The smallest absolute Gasteiger partial charge is 0.230 e. The van der Waals surface area contributed by atoms with Crippen molar-refractivity contribution in [1.82, 2.24) is 5.32 Å². The molecule has 0 saturated heterocycles. The van der Waals surface area contributed by atoms with E-state index in [0.717, 1.165) is 37.1 Å². The van der Waals surface area contributed by atoms with Gasteiger partial charge in [-0.1, -0.05) is 25.0 Å². The molecule has 0 bridgehead atoms. The maximum Gasteiger partial charge on any atom is 0.230 e. The Kier molecular flexibility index (Phi) is 5.97. The van der Waals surface area contributed by atoms with Crippen molar-refractivity contribution in [2.45, 2.75) is 43.9 Å². The molecule has 0 spiro atoms. The second-order valence-electron chi connectivity index (χ2n) is 5.87. The molecule has 0 heterocycles. The number of hydrogen-bond acceptors (Lipinski definition) is 3. The molecule has 1 aromatic carbocycles. The minimum Gasteiger partial charge on any atom is -0.399 e. The lowest BCUT2D eigenvalue weighted by Crippen LogP contribution is -2.35. The summed E-state index contributed by atoms with van der Waals surface area (Å²) in [4.78, 5) is 12.4. The van der Waals surface area contributed by atoms with Crippen LogP contribution in [0, 0.1) is 0 Å². The van der Waals surface area contributed by atoms with Crippen molar-refractivity contribution in [1.29, 1.82) is 0 Å². The predicted octanol–water partition coefficient (Wildman–Crippen LogP) is 3.34. The summed E-state index contributed by atoms with van der Waals surface area (Å²) in [5, 5.41) is 3.11. The summed E-state index contributed by atoms with van der Waals surface area (Å²) in [7, 11) is 0. The van der Waals surface area contributed by atoms with Gasteiger partial charge in [0.1, 0.15) is 0 Å². The molecule has 3 nitrogen and oxygen atoms in total. The first-order valence-electron chi connectivity index (χ1n) is 7.82. The Hall–Kier alpha value is -1.16. The van der Waals surface area contributed by atoms with Crippen LogP contribution in [0.15, 0.2) is 24.3 Å². The summed E-state index contributed by atoms with van der Waals surface area (Å²) in [6.07, 6.45) is 8.89. The van der Waals surface area contributed by atoms with Gasteiger partial charge >= 0.3 is 0 Å². The average Bonchev–Trinajstić information content (AvgIpc) is 3.28. The van der Waals surface area contributed by atoms with Crippen LogP contribution in [-0.2, 0) is 10.2 Å². The van der Waals surface area contributed by atoms with Gasteiger partial charge in [-0.2, -0.15) is 11.8 Å². The molecule has 1 saturated carbocycles. The Bertz CT molecular complexity index is 454. The highest BCUT2D eigenvalue weighted by atomic mass is 32.2. The zero-order chi connectivity index (χ0) is 15.1. The fourth-order valence-corrected chi connectivity index (χ4v) is 3.16. The third kappa shape index (κ3) is 4.40. The van der Waals surface area contributed by atoms with Crippen LogP contribution in [0.3, 0.4) is 0 Å². The number of anilines is 1. The van der Waals surface area contributed by atoms with Crippen molar-refractivity contribution in [3.8, 4) is 0 Å². The van der Waals surface area contributed by atoms with E-state index in [2.05, 4.69) is 11.6 Å². The summed E-state index contributed by atoms with van der Waals surface area (Å²) < 4.78 is 0. The van der Waals surface area contributed by atoms with Gasteiger partial charge in [0.15, 0.2) is 0 Å². The van der Waals surface area contributed by atoms with Gasteiger partial charge in [0.25, 0.3) is 0 Å². The Morgan fingerprint density at radius 3 is 2.48 bits per heavy atom. The number of rotatable bonds is 9. The molecule has 4 heteroatoms. The highest BCUT2D eigenvalue weighted by molar-refractivity contribution is 7.98.